The molecule has 98 valence electrons. The topological polar surface area (TPSA) is 17.1 Å². The number of carbonyl (C=O) groups is 1. The molecule has 1 rings (SSSR count). The fourth-order valence-corrected chi connectivity index (χ4v) is 3.22. The first-order valence-electron chi connectivity index (χ1n) is 6.41. The molecule has 0 aromatic heterocycles. The van der Waals surface area contributed by atoms with E-state index in [1.54, 1.807) is 0 Å². The van der Waals surface area contributed by atoms with Crippen LogP contribution in [0.25, 0.3) is 0 Å². The summed E-state index contributed by atoms with van der Waals surface area (Å²) in [5.74, 6) is 0.698. The van der Waals surface area contributed by atoms with Crippen molar-refractivity contribution in [3.05, 3.63) is 48.0 Å². The Hall–Kier alpha value is -0.851. The van der Waals surface area contributed by atoms with Crippen LogP contribution < -0.4 is 0 Å². The van der Waals surface area contributed by atoms with Gasteiger partial charge in [0.15, 0.2) is 0 Å². The van der Waals surface area contributed by atoms with Crippen LogP contribution in [0.4, 0.5) is 0 Å². The third-order valence-electron chi connectivity index (χ3n) is 2.82. The molecule has 1 unspecified atom stereocenters. The van der Waals surface area contributed by atoms with Gasteiger partial charge in [-0.15, -0.1) is 0 Å². The van der Waals surface area contributed by atoms with E-state index in [4.69, 9.17) is 0 Å². The van der Waals surface area contributed by atoms with E-state index in [-0.39, 0.29) is 20.9 Å². The molecule has 2 heteroatoms. The monoisotopic (exact) mass is 310 g/mol. The van der Waals surface area contributed by atoms with Gasteiger partial charge >= 0.3 is 117 Å². The number of benzene rings is 1. The number of hydrogen-bond acceptors (Lipinski definition) is 1. The van der Waals surface area contributed by atoms with Crippen molar-refractivity contribution in [3.63, 3.8) is 0 Å². The maximum atomic E-state index is 11.9. The summed E-state index contributed by atoms with van der Waals surface area (Å²) in [6, 6.07) is 8.51. The van der Waals surface area contributed by atoms with Gasteiger partial charge in [-0.2, -0.15) is 0 Å². The number of carbonyl (C=O) groups excluding carboxylic acids is 1. The first-order chi connectivity index (χ1) is 8.54. The van der Waals surface area contributed by atoms with E-state index in [0.717, 1.165) is 17.3 Å². The Morgan fingerprint density at radius 2 is 1.89 bits per heavy atom. The van der Waals surface area contributed by atoms with E-state index in [2.05, 4.69) is 44.7 Å². The Morgan fingerprint density at radius 3 is 2.39 bits per heavy atom. The van der Waals surface area contributed by atoms with Gasteiger partial charge in [-0.25, -0.2) is 0 Å². The molecule has 0 aliphatic rings. The summed E-state index contributed by atoms with van der Waals surface area (Å²) < 4.78 is 0.360. The minimum atomic E-state index is 0.0260. The van der Waals surface area contributed by atoms with Crippen molar-refractivity contribution in [2.75, 3.05) is 0 Å². The molecule has 0 fully saturated rings. The van der Waals surface area contributed by atoms with Crippen LogP contribution in [0.5, 0.6) is 0 Å². The van der Waals surface area contributed by atoms with Crippen LogP contribution in [0.2, 0.25) is 5.32 Å². The molecule has 0 bridgehead atoms. The van der Waals surface area contributed by atoms with Crippen LogP contribution in [-0.2, 0) is 11.2 Å². The predicted octanol–water partition coefficient (Wildman–Crippen LogP) is 3.82. The van der Waals surface area contributed by atoms with Crippen molar-refractivity contribution in [2.24, 2.45) is 5.92 Å². The van der Waals surface area contributed by atoms with Crippen LogP contribution >= 0.6 is 0 Å². The minimum absolute atomic E-state index is 0.0260. The average molecular weight is 309 g/mol. The van der Waals surface area contributed by atoms with Crippen LogP contribution in [0.15, 0.2) is 36.9 Å². The second kappa shape index (κ2) is 7.55. The standard InChI is InChI=1S/C16H22OSe/c1-5-10-18-16(17)13(4)15-8-6-14(7-9-15)11-12(2)3/h5-9,12-13H,1,10-11H2,2-4H3. The Kier molecular flexibility index (Phi) is 6.38. The van der Waals surface area contributed by atoms with Gasteiger partial charge in [-0.05, 0) is 0 Å². The molecule has 18 heavy (non-hydrogen) atoms. The van der Waals surface area contributed by atoms with Gasteiger partial charge in [0.2, 0.25) is 0 Å². The molecule has 1 atom stereocenters. The van der Waals surface area contributed by atoms with Crippen molar-refractivity contribution in [1.82, 2.24) is 0 Å². The van der Waals surface area contributed by atoms with Gasteiger partial charge in [0.05, 0.1) is 0 Å². The Morgan fingerprint density at radius 1 is 1.28 bits per heavy atom. The number of rotatable bonds is 7. The zero-order valence-electron chi connectivity index (χ0n) is 11.5. The van der Waals surface area contributed by atoms with Gasteiger partial charge in [0.1, 0.15) is 0 Å². The summed E-state index contributed by atoms with van der Waals surface area (Å²) >= 11 is 0.0395. The third kappa shape index (κ3) is 4.80. The van der Waals surface area contributed by atoms with Crippen molar-refractivity contribution in [3.8, 4) is 0 Å². The molecule has 0 saturated carbocycles. The van der Waals surface area contributed by atoms with Crippen LogP contribution in [0, 0.1) is 5.92 Å². The van der Waals surface area contributed by atoms with E-state index in [1.807, 2.05) is 13.0 Å². The van der Waals surface area contributed by atoms with Gasteiger partial charge < -0.3 is 0 Å². The zero-order valence-corrected chi connectivity index (χ0v) is 13.2. The first kappa shape index (κ1) is 15.2. The summed E-state index contributed by atoms with van der Waals surface area (Å²) in [5, 5.41) is 0.835. The van der Waals surface area contributed by atoms with E-state index < -0.39 is 0 Å². The molecular formula is C16H22OSe. The Balaban J connectivity index is 2.66. The van der Waals surface area contributed by atoms with Gasteiger partial charge in [0, 0.05) is 0 Å². The van der Waals surface area contributed by atoms with Gasteiger partial charge in [0.25, 0.3) is 0 Å². The second-order valence-corrected chi connectivity index (χ2v) is 7.13. The fourth-order valence-electron chi connectivity index (χ4n) is 1.82. The molecule has 1 nitrogen and oxygen atoms in total. The van der Waals surface area contributed by atoms with Crippen LogP contribution in [0.1, 0.15) is 37.8 Å². The Bertz CT molecular complexity index is 392. The molecule has 0 aliphatic heterocycles. The van der Waals surface area contributed by atoms with Crippen molar-refractivity contribution >= 4 is 19.6 Å². The molecule has 1 aromatic carbocycles. The van der Waals surface area contributed by atoms with Crippen molar-refractivity contribution < 1.29 is 4.79 Å². The van der Waals surface area contributed by atoms with E-state index in [0.29, 0.717) is 10.6 Å². The summed E-state index contributed by atoms with van der Waals surface area (Å²) in [5.41, 5.74) is 2.49. The fraction of sp³-hybridized carbons (Fsp3) is 0.438. The van der Waals surface area contributed by atoms with Gasteiger partial charge in [-0.1, -0.05) is 0 Å². The third-order valence-corrected chi connectivity index (χ3v) is 5.00. The zero-order chi connectivity index (χ0) is 13.5. The number of allylic oxidation sites excluding steroid dienone is 1. The predicted molar refractivity (Wildman–Crippen MR) is 79.2 cm³/mol. The molecule has 0 saturated heterocycles. The first-order valence-corrected chi connectivity index (χ1v) is 8.47. The normalized spacial score (nSPS) is 12.4. The summed E-state index contributed by atoms with van der Waals surface area (Å²) in [4.78, 5) is 11.9. The molecule has 0 spiro atoms. The Labute approximate surface area is 117 Å². The maximum absolute atomic E-state index is 11.9. The molecule has 0 N–H and O–H groups in total. The summed E-state index contributed by atoms with van der Waals surface area (Å²) in [7, 11) is 0. The molecule has 0 radical (unpaired) electrons. The van der Waals surface area contributed by atoms with E-state index >= 15 is 0 Å². The SMILES string of the molecule is C=CC[Se]C(=O)C(C)c1ccc(CC(C)C)cc1. The van der Waals surface area contributed by atoms with E-state index in [1.165, 1.54) is 5.56 Å². The van der Waals surface area contributed by atoms with Crippen LogP contribution in [0.3, 0.4) is 0 Å². The number of hydrogen-bond donors (Lipinski definition) is 0. The summed E-state index contributed by atoms with van der Waals surface area (Å²) in [6.07, 6.45) is 2.93. The molecule has 0 amide bonds. The molecule has 0 heterocycles. The van der Waals surface area contributed by atoms with Crippen LogP contribution in [-0.4, -0.2) is 19.6 Å². The molecule has 1 aromatic rings. The average Bonchev–Trinajstić information content (AvgIpc) is 2.35. The quantitative estimate of drug-likeness (QED) is 0.553. The van der Waals surface area contributed by atoms with Crippen molar-refractivity contribution in [1.29, 1.82) is 0 Å². The molecular weight excluding hydrogens is 287 g/mol. The second-order valence-electron chi connectivity index (χ2n) is 4.98. The van der Waals surface area contributed by atoms with Gasteiger partial charge in [-0.3, -0.25) is 0 Å². The van der Waals surface area contributed by atoms with Crippen molar-refractivity contribution in [2.45, 2.75) is 38.4 Å². The summed E-state index contributed by atoms with van der Waals surface area (Å²) in [6.45, 7) is 10.1. The van der Waals surface area contributed by atoms with E-state index in [9.17, 15) is 4.79 Å². The molecule has 0 aliphatic carbocycles.